The lowest BCUT2D eigenvalue weighted by Crippen LogP contribution is -2.20. The van der Waals surface area contributed by atoms with Crippen molar-refractivity contribution in [3.05, 3.63) is 47.3 Å². The van der Waals surface area contributed by atoms with Crippen molar-refractivity contribution in [3.8, 4) is 5.69 Å². The van der Waals surface area contributed by atoms with Crippen LogP contribution in [0.2, 0.25) is 5.02 Å². The van der Waals surface area contributed by atoms with Crippen LogP contribution < -0.4 is 5.73 Å². The Bertz CT molecular complexity index is 551. The van der Waals surface area contributed by atoms with Gasteiger partial charge in [-0.1, -0.05) is 25.4 Å². The number of aromatic nitrogens is 2. The van der Waals surface area contributed by atoms with Crippen molar-refractivity contribution in [1.82, 2.24) is 9.55 Å². The lowest BCUT2D eigenvalue weighted by atomic mass is 10.0. The fourth-order valence-electron chi connectivity index (χ4n) is 1.77. The number of nitrogens with two attached hydrogens (primary N) is 1. The molecule has 1 heterocycles. The zero-order valence-electron chi connectivity index (χ0n) is 10.3. The number of hydrogen-bond acceptors (Lipinski definition) is 2. The van der Waals surface area contributed by atoms with E-state index in [-0.39, 0.29) is 17.8 Å². The number of rotatable bonds is 3. The lowest BCUT2D eigenvalue weighted by molar-refractivity contribution is 0.496. The van der Waals surface area contributed by atoms with E-state index in [1.807, 2.05) is 13.8 Å². The first-order valence-electron chi connectivity index (χ1n) is 5.74. The molecule has 1 unspecified atom stereocenters. The molecule has 0 aliphatic rings. The smallest absolute Gasteiger partial charge is 0.125 e. The Morgan fingerprint density at radius 1 is 1.39 bits per heavy atom. The molecule has 0 aliphatic carbocycles. The van der Waals surface area contributed by atoms with Gasteiger partial charge in [0.05, 0.1) is 28.9 Å². The van der Waals surface area contributed by atoms with Crippen LogP contribution in [0.5, 0.6) is 0 Å². The second-order valence-electron chi connectivity index (χ2n) is 4.55. The second kappa shape index (κ2) is 5.08. The minimum Gasteiger partial charge on any atom is -0.322 e. The van der Waals surface area contributed by atoms with E-state index in [2.05, 4.69) is 4.98 Å². The van der Waals surface area contributed by atoms with E-state index < -0.39 is 0 Å². The zero-order chi connectivity index (χ0) is 13.3. The van der Waals surface area contributed by atoms with Gasteiger partial charge in [0.2, 0.25) is 0 Å². The second-order valence-corrected chi connectivity index (χ2v) is 4.96. The predicted molar refractivity (Wildman–Crippen MR) is 70.3 cm³/mol. The van der Waals surface area contributed by atoms with Crippen LogP contribution in [-0.2, 0) is 0 Å². The monoisotopic (exact) mass is 267 g/mol. The molecule has 0 saturated heterocycles. The highest BCUT2D eigenvalue weighted by atomic mass is 35.5. The van der Waals surface area contributed by atoms with Crippen LogP contribution in [0.15, 0.2) is 30.7 Å². The lowest BCUT2D eigenvalue weighted by Gasteiger charge is -2.18. The molecule has 2 N–H and O–H groups in total. The number of benzene rings is 1. The van der Waals surface area contributed by atoms with Crippen molar-refractivity contribution in [2.45, 2.75) is 19.9 Å². The fraction of sp³-hybridized carbons (Fsp3) is 0.308. The van der Waals surface area contributed by atoms with Crippen molar-refractivity contribution in [1.29, 1.82) is 0 Å². The van der Waals surface area contributed by atoms with Crippen LogP contribution in [0.3, 0.4) is 0 Å². The van der Waals surface area contributed by atoms with Crippen LogP contribution in [0, 0.1) is 11.7 Å². The van der Waals surface area contributed by atoms with Crippen LogP contribution in [0.25, 0.3) is 5.69 Å². The third-order valence-corrected chi connectivity index (χ3v) is 3.21. The van der Waals surface area contributed by atoms with Gasteiger partial charge in [-0.2, -0.15) is 0 Å². The summed E-state index contributed by atoms with van der Waals surface area (Å²) in [6.45, 7) is 4.05. The Kier molecular flexibility index (Phi) is 3.68. The van der Waals surface area contributed by atoms with Gasteiger partial charge in [-0.25, -0.2) is 9.37 Å². The summed E-state index contributed by atoms with van der Waals surface area (Å²) < 4.78 is 15.0. The van der Waals surface area contributed by atoms with E-state index in [1.165, 1.54) is 18.2 Å². The fourth-order valence-corrected chi connectivity index (χ4v) is 1.97. The predicted octanol–water partition coefficient (Wildman–Crippen LogP) is 3.32. The molecule has 1 atom stereocenters. The van der Waals surface area contributed by atoms with Crippen LogP contribution >= 0.6 is 11.6 Å². The maximum Gasteiger partial charge on any atom is 0.125 e. The van der Waals surface area contributed by atoms with Gasteiger partial charge < -0.3 is 10.3 Å². The Labute approximate surface area is 110 Å². The van der Waals surface area contributed by atoms with Gasteiger partial charge in [0.1, 0.15) is 5.82 Å². The number of nitrogens with zero attached hydrogens (tertiary/aromatic N) is 2. The molecule has 0 saturated carbocycles. The zero-order valence-corrected chi connectivity index (χ0v) is 11.0. The Morgan fingerprint density at radius 3 is 2.78 bits per heavy atom. The van der Waals surface area contributed by atoms with Crippen molar-refractivity contribution in [2.75, 3.05) is 0 Å². The first kappa shape index (κ1) is 13.1. The summed E-state index contributed by atoms with van der Waals surface area (Å²) in [7, 11) is 0. The van der Waals surface area contributed by atoms with Crippen molar-refractivity contribution < 1.29 is 4.39 Å². The molecule has 0 bridgehead atoms. The molecule has 0 radical (unpaired) electrons. The molecule has 1 aromatic heterocycles. The molecule has 1 aromatic carbocycles. The van der Waals surface area contributed by atoms with Gasteiger partial charge in [0.25, 0.3) is 0 Å². The van der Waals surface area contributed by atoms with E-state index in [9.17, 15) is 4.39 Å². The van der Waals surface area contributed by atoms with Gasteiger partial charge in [0.15, 0.2) is 0 Å². The van der Waals surface area contributed by atoms with Gasteiger partial charge in [0, 0.05) is 6.04 Å². The molecule has 0 aliphatic heterocycles. The summed E-state index contributed by atoms with van der Waals surface area (Å²) in [4.78, 5) is 4.07. The molecule has 2 rings (SSSR count). The molecule has 3 nitrogen and oxygen atoms in total. The van der Waals surface area contributed by atoms with Crippen molar-refractivity contribution in [2.24, 2.45) is 11.7 Å². The average molecular weight is 268 g/mol. The Hall–Kier alpha value is -1.39. The molecular formula is C13H15ClFN3. The Morgan fingerprint density at radius 2 is 2.11 bits per heavy atom. The first-order valence-corrected chi connectivity index (χ1v) is 6.11. The summed E-state index contributed by atoms with van der Waals surface area (Å²) in [6, 6.07) is 4.05. The van der Waals surface area contributed by atoms with Crippen LogP contribution in [0.1, 0.15) is 25.6 Å². The normalized spacial score (nSPS) is 13.0. The molecule has 0 amide bonds. The van der Waals surface area contributed by atoms with E-state index in [0.717, 1.165) is 5.69 Å². The third kappa shape index (κ3) is 2.40. The minimum atomic E-state index is -0.341. The molecule has 96 valence electrons. The van der Waals surface area contributed by atoms with Gasteiger partial charge >= 0.3 is 0 Å². The van der Waals surface area contributed by atoms with Crippen molar-refractivity contribution >= 4 is 11.6 Å². The molecule has 2 aromatic rings. The molecule has 5 heteroatoms. The highest BCUT2D eigenvalue weighted by Gasteiger charge is 2.17. The van der Waals surface area contributed by atoms with E-state index in [1.54, 1.807) is 17.1 Å². The van der Waals surface area contributed by atoms with Gasteiger partial charge in [-0.15, -0.1) is 0 Å². The summed E-state index contributed by atoms with van der Waals surface area (Å²) >= 11 is 6.09. The minimum absolute atomic E-state index is 0.174. The molecule has 18 heavy (non-hydrogen) atoms. The third-order valence-electron chi connectivity index (χ3n) is 2.89. The first-order chi connectivity index (χ1) is 8.50. The van der Waals surface area contributed by atoms with Crippen LogP contribution in [0.4, 0.5) is 4.39 Å². The standard InChI is InChI=1S/C13H15ClFN3/c1-8(2)13(16)12-6-17-7-18(12)11-5-9(15)3-4-10(11)14/h3-8,13H,16H2,1-2H3. The topological polar surface area (TPSA) is 43.8 Å². The van der Waals surface area contributed by atoms with E-state index in [4.69, 9.17) is 17.3 Å². The number of imidazole rings is 1. The number of halogens is 2. The maximum absolute atomic E-state index is 13.3. The largest absolute Gasteiger partial charge is 0.322 e. The van der Waals surface area contributed by atoms with E-state index in [0.29, 0.717) is 10.7 Å². The molecule has 0 fully saturated rings. The van der Waals surface area contributed by atoms with E-state index >= 15 is 0 Å². The summed E-state index contributed by atoms with van der Waals surface area (Å²) in [6.07, 6.45) is 3.28. The SMILES string of the molecule is CC(C)C(N)c1cncn1-c1cc(F)ccc1Cl. The maximum atomic E-state index is 13.3. The summed E-state index contributed by atoms with van der Waals surface area (Å²) in [5.74, 6) is -0.0834. The average Bonchev–Trinajstić information content (AvgIpc) is 2.80. The number of hydrogen-bond donors (Lipinski definition) is 1. The molecule has 0 spiro atoms. The quantitative estimate of drug-likeness (QED) is 0.927. The van der Waals surface area contributed by atoms with Crippen molar-refractivity contribution in [3.63, 3.8) is 0 Å². The van der Waals surface area contributed by atoms with Gasteiger partial charge in [-0.3, -0.25) is 0 Å². The highest BCUT2D eigenvalue weighted by molar-refractivity contribution is 6.32. The highest BCUT2D eigenvalue weighted by Crippen LogP contribution is 2.26. The summed E-state index contributed by atoms with van der Waals surface area (Å²) in [5, 5.41) is 0.464. The summed E-state index contributed by atoms with van der Waals surface area (Å²) in [5.41, 5.74) is 7.48. The molecular weight excluding hydrogens is 253 g/mol. The van der Waals surface area contributed by atoms with Gasteiger partial charge in [-0.05, 0) is 24.1 Å². The van der Waals surface area contributed by atoms with Crippen LogP contribution in [-0.4, -0.2) is 9.55 Å². The Balaban J connectivity index is 2.52.